The van der Waals surface area contributed by atoms with Gasteiger partial charge in [-0.25, -0.2) is 23.2 Å². The Morgan fingerprint density at radius 1 is 0.898 bits per heavy atom. The molecule has 0 unspecified atom stereocenters. The first-order valence-corrected chi connectivity index (χ1v) is 16.2. The molecule has 250 valence electrons. The molecule has 6 rings (SSSR count). The molecule has 4 aromatic carbocycles. The van der Waals surface area contributed by atoms with Gasteiger partial charge < -0.3 is 5.11 Å². The monoisotopic (exact) mass is 686 g/mol. The molecule has 0 atom stereocenters. The fourth-order valence-corrected chi connectivity index (χ4v) is 5.45. The van der Waals surface area contributed by atoms with Crippen LogP contribution < -0.4 is 10.7 Å². The molecule has 0 aliphatic rings. The second-order valence-corrected chi connectivity index (χ2v) is 12.9. The van der Waals surface area contributed by atoms with Gasteiger partial charge in [0.2, 0.25) is 10.0 Å². The minimum absolute atomic E-state index is 0.0186. The van der Waals surface area contributed by atoms with Crippen LogP contribution in [0.25, 0.3) is 33.5 Å². The van der Waals surface area contributed by atoms with E-state index in [-0.39, 0.29) is 33.5 Å². The highest BCUT2D eigenvalue weighted by atomic mass is 32.2. The Balaban J connectivity index is 0.000000192. The molecule has 0 amide bonds. The van der Waals surface area contributed by atoms with Gasteiger partial charge in [-0.1, -0.05) is 43.7 Å². The molecule has 0 saturated heterocycles. The third-order valence-electron chi connectivity index (χ3n) is 7.41. The summed E-state index contributed by atoms with van der Waals surface area (Å²) in [6.45, 7) is 5.78. The molecular weight excluding hydrogens is 657 g/mol. The number of halogens is 3. The summed E-state index contributed by atoms with van der Waals surface area (Å²) < 4.78 is 64.7. The highest BCUT2D eigenvalue weighted by Gasteiger charge is 2.35. The summed E-state index contributed by atoms with van der Waals surface area (Å²) in [5.74, 6) is 0.707. The lowest BCUT2D eigenvalue weighted by Gasteiger charge is -2.16. The average molecular weight is 687 g/mol. The molecule has 0 aliphatic heterocycles. The molecule has 0 aliphatic carbocycles. The van der Waals surface area contributed by atoms with Crippen molar-refractivity contribution >= 4 is 20.9 Å². The lowest BCUT2D eigenvalue weighted by Crippen LogP contribution is -2.24. The van der Waals surface area contributed by atoms with Crippen molar-refractivity contribution in [3.63, 3.8) is 0 Å². The number of hydrogen-bond donors (Lipinski definition) is 2. The number of aromatic hydroxyl groups is 1. The van der Waals surface area contributed by atoms with E-state index >= 15 is 0 Å². The zero-order valence-electron chi connectivity index (χ0n) is 26.3. The Morgan fingerprint density at radius 2 is 1.51 bits per heavy atom. The summed E-state index contributed by atoms with van der Waals surface area (Å²) in [6, 6.07) is 26.5. The highest BCUT2D eigenvalue weighted by Crippen LogP contribution is 2.33. The molecular formula is C35H29F3N6O4S. The summed E-state index contributed by atoms with van der Waals surface area (Å²) in [4.78, 5) is 17.3. The maximum absolute atomic E-state index is 13.1. The van der Waals surface area contributed by atoms with Crippen molar-refractivity contribution in [2.45, 2.75) is 37.8 Å². The molecule has 0 spiro atoms. The third kappa shape index (κ3) is 7.53. The molecule has 0 saturated carbocycles. The number of nitriles is 1. The van der Waals surface area contributed by atoms with E-state index in [1.54, 1.807) is 59.2 Å². The first-order chi connectivity index (χ1) is 23.1. The predicted molar refractivity (Wildman–Crippen MR) is 178 cm³/mol. The number of aryl methyl sites for hydroxylation is 1. The zero-order chi connectivity index (χ0) is 35.7. The van der Waals surface area contributed by atoms with Crippen LogP contribution in [0, 0.1) is 18.3 Å². The van der Waals surface area contributed by atoms with Gasteiger partial charge in [0.25, 0.3) is 5.56 Å². The van der Waals surface area contributed by atoms with Crippen molar-refractivity contribution < 1.29 is 26.7 Å². The number of fused-ring (bicyclic) bond motifs is 1. The van der Waals surface area contributed by atoms with Crippen molar-refractivity contribution in [1.29, 1.82) is 5.26 Å². The number of phenols is 1. The lowest BCUT2D eigenvalue weighted by molar-refractivity contribution is -0.141. The number of benzene rings is 4. The van der Waals surface area contributed by atoms with Gasteiger partial charge >= 0.3 is 6.18 Å². The second-order valence-electron chi connectivity index (χ2n) is 11.4. The highest BCUT2D eigenvalue weighted by molar-refractivity contribution is 7.89. The summed E-state index contributed by atoms with van der Waals surface area (Å²) in [5.41, 5.74) is 2.48. The molecule has 3 N–H and O–H groups in total. The quantitative estimate of drug-likeness (QED) is 0.207. The fraction of sp³-hybridized carbons (Fsp3) is 0.143. The van der Waals surface area contributed by atoms with Crippen LogP contribution in [0.2, 0.25) is 0 Å². The molecule has 14 heteroatoms. The van der Waals surface area contributed by atoms with Gasteiger partial charge in [0.1, 0.15) is 11.6 Å². The van der Waals surface area contributed by atoms with Crippen molar-refractivity contribution in [3.05, 3.63) is 130 Å². The molecule has 2 heterocycles. The van der Waals surface area contributed by atoms with Crippen LogP contribution in [0.1, 0.15) is 42.4 Å². The van der Waals surface area contributed by atoms with E-state index in [1.165, 1.54) is 36.4 Å². The number of primary sulfonamides is 1. The largest absolute Gasteiger partial charge is 0.508 e. The molecule has 0 radical (unpaired) electrons. The molecule has 0 bridgehead atoms. The lowest BCUT2D eigenvalue weighted by atomic mass is 10.1. The first kappa shape index (κ1) is 34.6. The van der Waals surface area contributed by atoms with Crippen molar-refractivity contribution in [1.82, 2.24) is 19.3 Å². The van der Waals surface area contributed by atoms with E-state index in [0.717, 1.165) is 16.3 Å². The Hall–Kier alpha value is -5.78. The van der Waals surface area contributed by atoms with Gasteiger partial charge in [-0.15, -0.1) is 0 Å². The summed E-state index contributed by atoms with van der Waals surface area (Å²) in [6.07, 6.45) is -4.61. The molecule has 10 nitrogen and oxygen atoms in total. The molecule has 0 fully saturated rings. The Labute approximate surface area is 279 Å². The number of phenolic OH excluding ortho intramolecular Hbond substituents is 1. The van der Waals surface area contributed by atoms with Crippen molar-refractivity contribution in [2.24, 2.45) is 5.14 Å². The minimum Gasteiger partial charge on any atom is -0.508 e. The number of nitrogens with zero attached hydrogens (tertiary/aromatic N) is 5. The van der Waals surface area contributed by atoms with Gasteiger partial charge in [-0.3, -0.25) is 9.36 Å². The summed E-state index contributed by atoms with van der Waals surface area (Å²) in [7, 11) is -3.90. The minimum atomic E-state index is -4.61. The first-order valence-electron chi connectivity index (χ1n) is 14.7. The van der Waals surface area contributed by atoms with E-state index < -0.39 is 21.9 Å². The van der Waals surface area contributed by atoms with Gasteiger partial charge in [0, 0.05) is 17.5 Å². The number of aromatic nitrogens is 4. The average Bonchev–Trinajstić information content (AvgIpc) is 3.51. The third-order valence-corrected chi connectivity index (χ3v) is 8.34. The molecule has 2 aromatic heterocycles. The normalized spacial score (nSPS) is 11.7. The van der Waals surface area contributed by atoms with Gasteiger partial charge in [-0.2, -0.15) is 23.5 Å². The van der Waals surface area contributed by atoms with Gasteiger partial charge in [0.05, 0.1) is 44.5 Å². The summed E-state index contributed by atoms with van der Waals surface area (Å²) in [5, 5.41) is 27.7. The number of nitrogens with two attached hydrogens (primary N) is 1. The maximum Gasteiger partial charge on any atom is 0.435 e. The summed E-state index contributed by atoms with van der Waals surface area (Å²) >= 11 is 0. The molecule has 49 heavy (non-hydrogen) atoms. The molecule has 6 aromatic rings. The van der Waals surface area contributed by atoms with Crippen LogP contribution in [-0.2, 0) is 16.2 Å². The number of sulfonamides is 1. The Bertz CT molecular complexity index is 2360. The second kappa shape index (κ2) is 13.4. The SMILES string of the molecule is CC(C)c1nc2cc(O)ccc2c(=O)n1-c1ccc(C#N)cc1.Cc1ccc(-c2cc(C(F)(F)F)nn2-c2ccc(S(N)(=O)=O)cc2)cc1. The van der Waals surface area contributed by atoms with Crippen molar-refractivity contribution in [3.8, 4) is 34.5 Å². The number of hydrogen-bond acceptors (Lipinski definition) is 7. The smallest absolute Gasteiger partial charge is 0.435 e. The zero-order valence-corrected chi connectivity index (χ0v) is 27.2. The standard InChI is InChI=1S/C18H15N3O2.C17H14F3N3O2S/c1-11(2)17-20-16-9-14(22)7-8-15(16)18(23)21(17)13-5-3-12(10-19)4-6-13;1-11-2-4-12(5-3-11)15-10-16(17(18,19)20)22-23(15)13-6-8-14(9-7-13)26(21,24)25/h3-9,11,22H,1-2H3;2-10H,1H3,(H2,21,24,25). The van der Waals surface area contributed by atoms with E-state index in [2.05, 4.69) is 16.2 Å². The predicted octanol–water partition coefficient (Wildman–Crippen LogP) is 6.60. The van der Waals surface area contributed by atoms with Crippen LogP contribution >= 0.6 is 0 Å². The van der Waals surface area contributed by atoms with E-state index in [1.807, 2.05) is 20.8 Å². The van der Waals surface area contributed by atoms with Gasteiger partial charge in [0.15, 0.2) is 5.69 Å². The number of alkyl halides is 3. The van der Waals surface area contributed by atoms with E-state index in [9.17, 15) is 31.5 Å². The van der Waals surface area contributed by atoms with Crippen molar-refractivity contribution in [2.75, 3.05) is 0 Å². The Morgan fingerprint density at radius 3 is 2.06 bits per heavy atom. The fourth-order valence-electron chi connectivity index (χ4n) is 4.94. The van der Waals surface area contributed by atoms with Gasteiger partial charge in [-0.05, 0) is 73.7 Å². The maximum atomic E-state index is 13.1. The Kier molecular flexibility index (Phi) is 9.44. The van der Waals surface area contributed by atoms with E-state index in [4.69, 9.17) is 10.4 Å². The number of rotatable bonds is 5. The van der Waals surface area contributed by atoms with Crippen LogP contribution in [0.15, 0.2) is 107 Å². The van der Waals surface area contributed by atoms with Crippen LogP contribution in [0.5, 0.6) is 5.75 Å². The van der Waals surface area contributed by atoms with Crippen LogP contribution in [-0.4, -0.2) is 32.9 Å². The topological polar surface area (TPSA) is 157 Å². The van der Waals surface area contributed by atoms with Crippen LogP contribution in [0.4, 0.5) is 13.2 Å². The van der Waals surface area contributed by atoms with Crippen LogP contribution in [0.3, 0.4) is 0 Å². The van der Waals surface area contributed by atoms with E-state index in [0.29, 0.717) is 33.5 Å².